The SMILES string of the molecule is CC(=O)O.NCCC(=O)CCCCC(N)NC(=O)Cc1ccc(O)cc1O. The maximum absolute atomic E-state index is 11.9. The molecule has 1 atom stereocenters. The summed E-state index contributed by atoms with van der Waals surface area (Å²) in [5.74, 6) is -1.19. The van der Waals surface area contributed by atoms with Crippen LogP contribution in [0.1, 0.15) is 44.6 Å². The highest BCUT2D eigenvalue weighted by atomic mass is 16.4. The molecule has 0 saturated heterocycles. The van der Waals surface area contributed by atoms with Crippen LogP contribution >= 0.6 is 0 Å². The monoisotopic (exact) mass is 383 g/mol. The molecule has 8 N–H and O–H groups in total. The van der Waals surface area contributed by atoms with Crippen LogP contribution in [0.2, 0.25) is 0 Å². The van der Waals surface area contributed by atoms with Crippen molar-refractivity contribution in [3.05, 3.63) is 23.8 Å². The average molecular weight is 383 g/mol. The summed E-state index contributed by atoms with van der Waals surface area (Å²) in [4.78, 5) is 32.2. The van der Waals surface area contributed by atoms with Crippen molar-refractivity contribution in [3.63, 3.8) is 0 Å². The van der Waals surface area contributed by atoms with Crippen LogP contribution in [0.3, 0.4) is 0 Å². The molecule has 27 heavy (non-hydrogen) atoms. The van der Waals surface area contributed by atoms with E-state index in [1.54, 1.807) is 0 Å². The summed E-state index contributed by atoms with van der Waals surface area (Å²) in [5.41, 5.74) is 11.5. The number of carboxylic acids is 1. The predicted octanol–water partition coefficient (Wildman–Crippen LogP) is 0.611. The first kappa shape index (κ1) is 24.4. The van der Waals surface area contributed by atoms with Crippen LogP contribution in [0.25, 0.3) is 0 Å². The Kier molecular flexibility index (Phi) is 12.2. The zero-order valence-corrected chi connectivity index (χ0v) is 15.5. The van der Waals surface area contributed by atoms with E-state index < -0.39 is 12.1 Å². The van der Waals surface area contributed by atoms with E-state index in [0.717, 1.165) is 19.8 Å². The topological polar surface area (TPSA) is 176 Å². The van der Waals surface area contributed by atoms with Crippen molar-refractivity contribution in [2.75, 3.05) is 6.54 Å². The van der Waals surface area contributed by atoms with E-state index in [2.05, 4.69) is 5.32 Å². The fraction of sp³-hybridized carbons (Fsp3) is 0.500. The van der Waals surface area contributed by atoms with Gasteiger partial charge < -0.3 is 32.1 Å². The van der Waals surface area contributed by atoms with Crippen molar-refractivity contribution in [1.29, 1.82) is 0 Å². The lowest BCUT2D eigenvalue weighted by Gasteiger charge is -2.14. The molecule has 0 spiro atoms. The molecule has 0 fully saturated rings. The van der Waals surface area contributed by atoms with Crippen LogP contribution in [0.15, 0.2) is 18.2 Å². The van der Waals surface area contributed by atoms with Crippen LogP contribution in [0, 0.1) is 0 Å². The number of aliphatic carboxylic acids is 1. The molecule has 1 amide bonds. The number of aromatic hydroxyl groups is 2. The standard InChI is InChI=1S/C16H25N3O4.C2H4O2/c17-8-7-12(20)3-1-2-4-15(18)19-16(23)9-11-5-6-13(21)10-14(11)22;1-2(3)4/h5-6,10,15,21-22H,1-4,7-9,17-18H2,(H,19,23);1H3,(H,3,4). The molecular weight excluding hydrogens is 354 g/mol. The Morgan fingerprint density at radius 2 is 1.78 bits per heavy atom. The molecule has 9 heteroatoms. The molecule has 9 nitrogen and oxygen atoms in total. The molecule has 0 bridgehead atoms. The van der Waals surface area contributed by atoms with E-state index in [-0.39, 0.29) is 29.6 Å². The molecule has 0 aliphatic rings. The highest BCUT2D eigenvalue weighted by molar-refractivity contribution is 5.79. The normalized spacial score (nSPS) is 11.1. The predicted molar refractivity (Wildman–Crippen MR) is 100 cm³/mol. The van der Waals surface area contributed by atoms with Crippen LogP contribution in [0.5, 0.6) is 11.5 Å². The van der Waals surface area contributed by atoms with Crippen LogP contribution < -0.4 is 16.8 Å². The average Bonchev–Trinajstić information content (AvgIpc) is 2.54. The maximum atomic E-state index is 11.9. The number of unbranched alkanes of at least 4 members (excludes halogenated alkanes) is 1. The number of phenolic OH excluding ortho intramolecular Hbond substituents is 2. The van der Waals surface area contributed by atoms with Gasteiger partial charge in [0.1, 0.15) is 17.3 Å². The Balaban J connectivity index is 0.00000153. The number of nitrogens with two attached hydrogens (primary N) is 2. The van der Waals surface area contributed by atoms with Gasteiger partial charge in [-0.15, -0.1) is 0 Å². The highest BCUT2D eigenvalue weighted by Gasteiger charge is 2.11. The summed E-state index contributed by atoms with van der Waals surface area (Å²) in [5, 5.41) is 28.9. The number of carbonyl (C=O) groups excluding carboxylic acids is 2. The minimum absolute atomic E-state index is 0.0190. The van der Waals surface area contributed by atoms with Crippen molar-refractivity contribution >= 4 is 17.7 Å². The van der Waals surface area contributed by atoms with E-state index in [9.17, 15) is 19.8 Å². The molecule has 1 aromatic carbocycles. The number of nitrogens with one attached hydrogen (secondary N) is 1. The van der Waals surface area contributed by atoms with Gasteiger partial charge in [0.25, 0.3) is 5.97 Å². The number of ketones is 1. The minimum Gasteiger partial charge on any atom is -0.508 e. The number of amides is 1. The lowest BCUT2D eigenvalue weighted by Crippen LogP contribution is -2.42. The van der Waals surface area contributed by atoms with E-state index in [4.69, 9.17) is 21.4 Å². The Hall–Kier alpha value is -2.65. The van der Waals surface area contributed by atoms with Crippen LogP contribution in [0.4, 0.5) is 0 Å². The molecule has 0 aliphatic carbocycles. The molecule has 0 heterocycles. The molecule has 1 rings (SSSR count). The van der Waals surface area contributed by atoms with Gasteiger partial charge >= 0.3 is 0 Å². The van der Waals surface area contributed by atoms with Crippen molar-refractivity contribution < 1.29 is 29.7 Å². The van der Waals surface area contributed by atoms with E-state index in [1.807, 2.05) is 0 Å². The van der Waals surface area contributed by atoms with E-state index in [1.165, 1.54) is 18.2 Å². The largest absolute Gasteiger partial charge is 0.508 e. The summed E-state index contributed by atoms with van der Waals surface area (Å²) >= 11 is 0. The zero-order chi connectivity index (χ0) is 20.8. The van der Waals surface area contributed by atoms with Gasteiger partial charge in [0, 0.05) is 31.4 Å². The fourth-order valence-electron chi connectivity index (χ4n) is 2.18. The van der Waals surface area contributed by atoms with Crippen molar-refractivity contribution in [1.82, 2.24) is 5.32 Å². The number of carboxylic acid groups (broad SMARTS) is 1. The third-order valence-electron chi connectivity index (χ3n) is 3.41. The Bertz CT molecular complexity index is 617. The summed E-state index contributed by atoms with van der Waals surface area (Å²) in [6.45, 7) is 1.46. The quantitative estimate of drug-likeness (QED) is 0.251. The van der Waals surface area contributed by atoms with Gasteiger partial charge in [-0.1, -0.05) is 6.07 Å². The summed E-state index contributed by atoms with van der Waals surface area (Å²) in [6, 6.07) is 4.07. The number of carbonyl (C=O) groups is 3. The summed E-state index contributed by atoms with van der Waals surface area (Å²) in [7, 11) is 0. The lowest BCUT2D eigenvalue weighted by atomic mass is 10.1. The van der Waals surface area contributed by atoms with Crippen LogP contribution in [-0.4, -0.2) is 45.7 Å². The van der Waals surface area contributed by atoms with Gasteiger partial charge in [-0.3, -0.25) is 14.4 Å². The van der Waals surface area contributed by atoms with Gasteiger partial charge in [-0.25, -0.2) is 0 Å². The first-order chi connectivity index (χ1) is 12.6. The van der Waals surface area contributed by atoms with Gasteiger partial charge in [0.15, 0.2) is 0 Å². The summed E-state index contributed by atoms with van der Waals surface area (Å²) in [6.07, 6.45) is 2.41. The third kappa shape index (κ3) is 13.2. The molecule has 0 saturated carbocycles. The van der Waals surface area contributed by atoms with Crippen molar-refractivity contribution in [3.8, 4) is 11.5 Å². The van der Waals surface area contributed by atoms with E-state index in [0.29, 0.717) is 31.4 Å². The maximum Gasteiger partial charge on any atom is 0.300 e. The Morgan fingerprint density at radius 3 is 2.33 bits per heavy atom. The summed E-state index contributed by atoms with van der Waals surface area (Å²) < 4.78 is 0. The molecular formula is C18H29N3O6. The second kappa shape index (κ2) is 13.5. The molecule has 0 aliphatic heterocycles. The zero-order valence-electron chi connectivity index (χ0n) is 15.5. The third-order valence-corrected chi connectivity index (χ3v) is 3.41. The fourth-order valence-corrected chi connectivity index (χ4v) is 2.18. The van der Waals surface area contributed by atoms with Gasteiger partial charge in [0.2, 0.25) is 5.91 Å². The minimum atomic E-state index is -0.833. The molecule has 1 unspecified atom stereocenters. The van der Waals surface area contributed by atoms with Crippen molar-refractivity contribution in [2.45, 2.75) is 51.6 Å². The number of hydrogen-bond acceptors (Lipinski definition) is 7. The number of rotatable bonds is 10. The number of Topliss-reactive ketones (excluding diaryl/α,β-unsaturated/α-hetero) is 1. The Labute approximate surface area is 158 Å². The highest BCUT2D eigenvalue weighted by Crippen LogP contribution is 2.22. The van der Waals surface area contributed by atoms with Gasteiger partial charge in [-0.2, -0.15) is 0 Å². The van der Waals surface area contributed by atoms with Gasteiger partial charge in [0.05, 0.1) is 12.6 Å². The van der Waals surface area contributed by atoms with Crippen LogP contribution in [-0.2, 0) is 20.8 Å². The van der Waals surface area contributed by atoms with Gasteiger partial charge in [-0.05, 0) is 31.9 Å². The number of phenols is 2. The molecule has 152 valence electrons. The molecule has 0 radical (unpaired) electrons. The smallest absolute Gasteiger partial charge is 0.300 e. The number of hydrogen-bond donors (Lipinski definition) is 6. The van der Waals surface area contributed by atoms with Crippen molar-refractivity contribution in [2.24, 2.45) is 11.5 Å². The second-order valence-corrected chi connectivity index (χ2v) is 6.01. The lowest BCUT2D eigenvalue weighted by molar-refractivity contribution is -0.134. The molecule has 1 aromatic rings. The second-order valence-electron chi connectivity index (χ2n) is 6.01. The van der Waals surface area contributed by atoms with E-state index >= 15 is 0 Å². The number of benzene rings is 1. The first-order valence-corrected chi connectivity index (χ1v) is 8.62. The Morgan fingerprint density at radius 1 is 1.15 bits per heavy atom. The molecule has 0 aromatic heterocycles. The first-order valence-electron chi connectivity index (χ1n) is 8.62.